The zero-order valence-corrected chi connectivity index (χ0v) is 23.0. The fourth-order valence-electron chi connectivity index (χ4n) is 3.94. The summed E-state index contributed by atoms with van der Waals surface area (Å²) in [7, 11) is 3.08. The molecule has 0 aliphatic rings. The molecule has 2 atom stereocenters. The first-order chi connectivity index (χ1) is 18.8. The molecule has 6 nitrogen and oxygen atoms in total. The maximum Gasteiger partial charge on any atom is 0.351 e. The van der Waals surface area contributed by atoms with E-state index in [1.807, 2.05) is 48.5 Å². The highest BCUT2D eigenvalue weighted by atomic mass is 32.1. The summed E-state index contributed by atoms with van der Waals surface area (Å²) in [6.45, 7) is 3.43. The van der Waals surface area contributed by atoms with Gasteiger partial charge in [-0.1, -0.05) is 48.2 Å². The Morgan fingerprint density at radius 3 is 2.44 bits per heavy atom. The molecule has 0 fully saturated rings. The first kappa shape index (κ1) is 27.7. The van der Waals surface area contributed by atoms with Crippen LogP contribution < -0.4 is 10.1 Å². The number of amides is 2. The molecule has 0 bridgehead atoms. The lowest BCUT2D eigenvalue weighted by Crippen LogP contribution is -2.45. The van der Waals surface area contributed by atoms with Crippen LogP contribution in [-0.4, -0.2) is 37.3 Å². The Morgan fingerprint density at radius 1 is 1.00 bits per heavy atom. The first-order valence-electron chi connectivity index (χ1n) is 12.4. The molecule has 1 unspecified atom stereocenters. The average Bonchev–Trinajstić information content (AvgIpc) is 3.41. The van der Waals surface area contributed by atoms with E-state index in [0.29, 0.717) is 6.42 Å². The molecule has 39 heavy (non-hydrogen) atoms. The normalized spacial score (nSPS) is 12.1. The third kappa shape index (κ3) is 6.95. The van der Waals surface area contributed by atoms with E-state index < -0.39 is 24.0 Å². The van der Waals surface area contributed by atoms with E-state index in [1.54, 1.807) is 33.1 Å². The Balaban J connectivity index is 1.44. The number of ether oxygens (including phenoxy) is 1. The maximum absolute atomic E-state index is 13.2. The van der Waals surface area contributed by atoms with Crippen LogP contribution in [0.25, 0.3) is 10.8 Å². The van der Waals surface area contributed by atoms with Gasteiger partial charge in [-0.3, -0.25) is 0 Å². The minimum atomic E-state index is -0.701. The molecule has 1 aromatic heterocycles. The van der Waals surface area contributed by atoms with Crippen molar-refractivity contribution < 1.29 is 23.6 Å². The number of benzene rings is 3. The molecule has 8 heteroatoms. The van der Waals surface area contributed by atoms with Crippen LogP contribution >= 0.6 is 11.3 Å². The van der Waals surface area contributed by atoms with Gasteiger partial charge in [0.2, 0.25) is 0 Å². The molecule has 0 saturated heterocycles. The van der Waals surface area contributed by atoms with Crippen LogP contribution in [0, 0.1) is 17.7 Å². The molecular formula is C31H29FN2O4S. The van der Waals surface area contributed by atoms with Crippen molar-refractivity contribution in [3.8, 4) is 17.6 Å². The van der Waals surface area contributed by atoms with Crippen LogP contribution in [0.1, 0.15) is 40.6 Å². The van der Waals surface area contributed by atoms with E-state index in [2.05, 4.69) is 17.2 Å². The molecule has 2 amide bonds. The largest absolute Gasteiger partial charge is 0.497 e. The standard InChI is InChI=1S/C31H29FN2O4S/c1-20(5-14-28-15-16-29(39-28)17-22-6-11-26(32)12-7-22)34(31(36)33-3)38-30(35)21(2)23-8-9-25-19-27(37-4)13-10-24(25)18-23/h6-13,15-16,18-21H,17H2,1-4H3,(H,33,36)/t20-,21?/m1/s1. The van der Waals surface area contributed by atoms with Gasteiger partial charge in [-0.2, -0.15) is 0 Å². The van der Waals surface area contributed by atoms with Crippen molar-refractivity contribution in [3.63, 3.8) is 0 Å². The average molecular weight is 545 g/mol. The molecular weight excluding hydrogens is 515 g/mol. The Morgan fingerprint density at radius 2 is 1.72 bits per heavy atom. The molecule has 1 heterocycles. The quantitative estimate of drug-likeness (QED) is 0.229. The SMILES string of the molecule is CNC(=O)N(OC(=O)C(C)c1ccc2cc(OC)ccc2c1)[C@H](C)C#Cc1ccc(Cc2ccc(F)cc2)s1. The molecule has 0 radical (unpaired) electrons. The number of methoxy groups -OCH3 is 1. The molecule has 0 spiro atoms. The van der Waals surface area contributed by atoms with Crippen molar-refractivity contribution >= 4 is 34.1 Å². The summed E-state index contributed by atoms with van der Waals surface area (Å²) in [5.41, 5.74) is 1.77. The van der Waals surface area contributed by atoms with Crippen molar-refractivity contribution in [1.29, 1.82) is 0 Å². The van der Waals surface area contributed by atoms with E-state index in [1.165, 1.54) is 30.5 Å². The van der Waals surface area contributed by atoms with E-state index in [4.69, 9.17) is 9.57 Å². The summed E-state index contributed by atoms with van der Waals surface area (Å²) in [6, 6.07) is 20.4. The lowest BCUT2D eigenvalue weighted by molar-refractivity contribution is -0.181. The number of halogens is 1. The molecule has 0 aliphatic heterocycles. The van der Waals surface area contributed by atoms with Crippen LogP contribution in [0.5, 0.6) is 5.75 Å². The van der Waals surface area contributed by atoms with Gasteiger partial charge >= 0.3 is 12.0 Å². The van der Waals surface area contributed by atoms with Gasteiger partial charge < -0.3 is 14.9 Å². The Labute approximate surface area is 231 Å². The summed E-state index contributed by atoms with van der Waals surface area (Å²) in [6.07, 6.45) is 0.671. The van der Waals surface area contributed by atoms with Crippen molar-refractivity contribution in [3.05, 3.63) is 99.5 Å². The number of thiophene rings is 1. The number of urea groups is 1. The van der Waals surface area contributed by atoms with Gasteiger partial charge in [-0.05, 0) is 72.1 Å². The summed E-state index contributed by atoms with van der Waals surface area (Å²) < 4.78 is 18.4. The Kier molecular flexibility index (Phi) is 8.84. The number of hydroxylamine groups is 2. The van der Waals surface area contributed by atoms with Crippen LogP contribution in [-0.2, 0) is 16.1 Å². The fraction of sp³-hybridized carbons (Fsp3) is 0.226. The number of fused-ring (bicyclic) bond motifs is 1. The molecule has 0 aliphatic carbocycles. The third-order valence-electron chi connectivity index (χ3n) is 6.24. The van der Waals surface area contributed by atoms with E-state index >= 15 is 0 Å². The Bertz CT molecular complexity index is 1540. The topological polar surface area (TPSA) is 67.9 Å². The summed E-state index contributed by atoms with van der Waals surface area (Å²) in [5, 5.41) is 5.42. The summed E-state index contributed by atoms with van der Waals surface area (Å²) in [4.78, 5) is 33.0. The van der Waals surface area contributed by atoms with Crippen molar-refractivity contribution in [2.45, 2.75) is 32.2 Å². The van der Waals surface area contributed by atoms with E-state index in [0.717, 1.165) is 42.5 Å². The second kappa shape index (κ2) is 12.5. The smallest absolute Gasteiger partial charge is 0.351 e. The van der Waals surface area contributed by atoms with Gasteiger partial charge in [0.15, 0.2) is 0 Å². The molecule has 200 valence electrons. The zero-order valence-electron chi connectivity index (χ0n) is 22.2. The summed E-state index contributed by atoms with van der Waals surface area (Å²) >= 11 is 1.52. The van der Waals surface area contributed by atoms with Crippen LogP contribution in [0.4, 0.5) is 9.18 Å². The van der Waals surface area contributed by atoms with Gasteiger partial charge in [0, 0.05) is 18.3 Å². The number of nitrogens with one attached hydrogen (secondary N) is 1. The second-order valence-electron chi connectivity index (χ2n) is 9.00. The monoisotopic (exact) mass is 544 g/mol. The Hall–Kier alpha value is -4.35. The maximum atomic E-state index is 13.2. The predicted octanol–water partition coefficient (Wildman–Crippen LogP) is 6.28. The van der Waals surface area contributed by atoms with Crippen LogP contribution in [0.15, 0.2) is 72.8 Å². The minimum absolute atomic E-state index is 0.264. The third-order valence-corrected chi connectivity index (χ3v) is 7.24. The van der Waals surface area contributed by atoms with Crippen molar-refractivity contribution in [2.24, 2.45) is 0 Å². The lowest BCUT2D eigenvalue weighted by atomic mass is 9.98. The zero-order chi connectivity index (χ0) is 27.9. The lowest BCUT2D eigenvalue weighted by Gasteiger charge is -2.25. The molecule has 3 aromatic carbocycles. The van der Waals surface area contributed by atoms with Crippen LogP contribution in [0.2, 0.25) is 0 Å². The molecule has 0 saturated carbocycles. The van der Waals surface area contributed by atoms with E-state index in [-0.39, 0.29) is 5.82 Å². The fourth-order valence-corrected chi connectivity index (χ4v) is 4.84. The highest BCUT2D eigenvalue weighted by molar-refractivity contribution is 7.12. The van der Waals surface area contributed by atoms with Gasteiger partial charge in [-0.15, -0.1) is 16.4 Å². The number of carbonyl (C=O) groups is 2. The number of carbonyl (C=O) groups excluding carboxylic acids is 2. The highest BCUT2D eigenvalue weighted by Gasteiger charge is 2.27. The molecule has 4 rings (SSSR count). The second-order valence-corrected chi connectivity index (χ2v) is 10.2. The van der Waals surface area contributed by atoms with Gasteiger partial charge in [0.1, 0.15) is 17.6 Å². The van der Waals surface area contributed by atoms with Gasteiger partial charge in [-0.25, -0.2) is 14.0 Å². The molecule has 1 N–H and O–H groups in total. The van der Waals surface area contributed by atoms with Gasteiger partial charge in [0.05, 0.1) is 17.9 Å². The van der Waals surface area contributed by atoms with E-state index in [9.17, 15) is 14.0 Å². The van der Waals surface area contributed by atoms with Crippen molar-refractivity contribution in [1.82, 2.24) is 10.4 Å². The number of rotatable bonds is 6. The van der Waals surface area contributed by atoms with Gasteiger partial charge in [0.25, 0.3) is 0 Å². The molecule has 4 aromatic rings. The highest BCUT2D eigenvalue weighted by Crippen LogP contribution is 2.26. The number of hydrogen-bond donors (Lipinski definition) is 1. The predicted molar refractivity (Wildman–Crippen MR) is 151 cm³/mol. The minimum Gasteiger partial charge on any atom is -0.497 e. The first-order valence-corrected chi connectivity index (χ1v) is 13.2. The van der Waals surface area contributed by atoms with Crippen LogP contribution in [0.3, 0.4) is 0 Å². The summed E-state index contributed by atoms with van der Waals surface area (Å²) in [5.74, 6) is 5.38. The van der Waals surface area contributed by atoms with Crippen molar-refractivity contribution in [2.75, 3.05) is 14.2 Å². The number of nitrogens with zero attached hydrogens (tertiary/aromatic N) is 1. The number of hydrogen-bond acceptors (Lipinski definition) is 5.